The van der Waals surface area contributed by atoms with Crippen molar-refractivity contribution < 1.29 is 29.0 Å². The number of nitrogen functional groups attached to an aromatic ring is 1. The fraction of sp³-hybridized carbons (Fsp3) is 0.625. The van der Waals surface area contributed by atoms with Crippen molar-refractivity contribution in [3.05, 3.63) is 12.7 Å². The molecule has 12 heteroatoms. The number of unbranched alkanes of at least 4 members (excludes halogenated alkanes) is 3. The molecule has 0 bridgehead atoms. The molecule has 0 amide bonds. The minimum absolute atomic E-state index is 0.285. The number of rotatable bonds is 10. The lowest BCUT2D eigenvalue weighted by Crippen LogP contribution is -2.17. The molecule has 0 fully saturated rings. The first-order valence-electron chi connectivity index (χ1n) is 8.93. The first kappa shape index (κ1) is 24.0. The number of carboxylic acid groups (broad SMARTS) is 1. The predicted octanol–water partition coefficient (Wildman–Crippen LogP) is 1.99. The quantitative estimate of drug-likeness (QED) is 0.330. The van der Waals surface area contributed by atoms with Gasteiger partial charge in [-0.3, -0.25) is 9.36 Å². The van der Waals surface area contributed by atoms with Crippen LogP contribution in [0.4, 0.5) is 5.82 Å². The molecule has 0 spiro atoms. The zero-order chi connectivity index (χ0) is 21.2. The molecule has 1 atom stereocenters. The first-order valence-corrected chi connectivity index (χ1v) is 10.7. The van der Waals surface area contributed by atoms with Crippen molar-refractivity contribution in [2.45, 2.75) is 58.6 Å². The molecule has 158 valence electrons. The largest absolute Gasteiger partial charge is 0.481 e. The van der Waals surface area contributed by atoms with E-state index in [2.05, 4.69) is 21.9 Å². The van der Waals surface area contributed by atoms with Crippen LogP contribution in [0.25, 0.3) is 11.2 Å². The summed E-state index contributed by atoms with van der Waals surface area (Å²) in [5.74, 6) is -0.390. The number of nitrogens with two attached hydrogens (primary N) is 1. The van der Waals surface area contributed by atoms with Crippen molar-refractivity contribution in [1.82, 2.24) is 19.5 Å². The summed E-state index contributed by atoms with van der Waals surface area (Å²) in [7, 11) is -4.16. The second-order valence-electron chi connectivity index (χ2n) is 6.30. The molecule has 0 aromatic carbocycles. The number of carboxylic acids is 1. The molecular formula is C16H28N5O6P. The van der Waals surface area contributed by atoms with E-state index < -0.39 is 26.0 Å². The number of anilines is 1. The van der Waals surface area contributed by atoms with Crippen LogP contribution in [-0.4, -0.2) is 52.8 Å². The van der Waals surface area contributed by atoms with Crippen molar-refractivity contribution in [1.29, 1.82) is 0 Å². The van der Waals surface area contributed by atoms with Crippen LogP contribution in [0.5, 0.6) is 0 Å². The van der Waals surface area contributed by atoms with E-state index in [-0.39, 0.29) is 5.82 Å². The Hall–Kier alpha value is -2.07. The molecule has 11 nitrogen and oxygen atoms in total. The Balaban J connectivity index is 0.000000370. The van der Waals surface area contributed by atoms with Gasteiger partial charge in [0.2, 0.25) is 0 Å². The number of hydrogen-bond acceptors (Lipinski definition) is 7. The highest BCUT2D eigenvalue weighted by Crippen LogP contribution is 2.34. The lowest BCUT2D eigenvalue weighted by atomic mass is 10.2. The van der Waals surface area contributed by atoms with Crippen molar-refractivity contribution in [2.24, 2.45) is 0 Å². The Labute approximate surface area is 163 Å². The highest BCUT2D eigenvalue weighted by molar-refractivity contribution is 7.51. The fourth-order valence-electron chi connectivity index (χ4n) is 2.29. The maximum atomic E-state index is 10.7. The number of nitrogens with zero attached hydrogens (tertiary/aromatic N) is 4. The van der Waals surface area contributed by atoms with Crippen LogP contribution in [0.3, 0.4) is 0 Å². The molecule has 0 saturated carbocycles. The average Bonchev–Trinajstić information content (AvgIpc) is 3.01. The molecule has 0 aliphatic rings. The predicted molar refractivity (Wildman–Crippen MR) is 104 cm³/mol. The zero-order valence-corrected chi connectivity index (χ0v) is 17.0. The molecule has 2 rings (SSSR count). The number of imidazole rings is 1. The summed E-state index contributed by atoms with van der Waals surface area (Å²) < 4.78 is 17.5. The molecular weight excluding hydrogens is 389 g/mol. The molecule has 2 heterocycles. The van der Waals surface area contributed by atoms with Gasteiger partial charge < -0.3 is 29.9 Å². The van der Waals surface area contributed by atoms with E-state index >= 15 is 0 Å². The van der Waals surface area contributed by atoms with E-state index in [9.17, 15) is 9.36 Å². The maximum Gasteiger partial charge on any atom is 0.350 e. The zero-order valence-electron chi connectivity index (χ0n) is 16.1. The van der Waals surface area contributed by atoms with E-state index in [1.165, 1.54) is 19.1 Å². The fourth-order valence-corrected chi connectivity index (χ4v) is 2.74. The van der Waals surface area contributed by atoms with Crippen LogP contribution in [0.1, 0.15) is 46.0 Å². The summed E-state index contributed by atoms with van der Waals surface area (Å²) in [6.45, 7) is 4.17. The smallest absolute Gasteiger partial charge is 0.350 e. The third kappa shape index (κ3) is 9.23. The first-order chi connectivity index (χ1) is 13.1. The minimum Gasteiger partial charge on any atom is -0.481 e. The molecule has 2 aromatic heterocycles. The van der Waals surface area contributed by atoms with Crippen LogP contribution in [0.15, 0.2) is 12.7 Å². The summed E-state index contributed by atoms with van der Waals surface area (Å²) in [6.07, 6.45) is 6.40. The van der Waals surface area contributed by atoms with Gasteiger partial charge in [0.05, 0.1) is 19.0 Å². The summed E-state index contributed by atoms with van der Waals surface area (Å²) in [5, 5.41) is 8.21. The summed E-state index contributed by atoms with van der Waals surface area (Å²) in [4.78, 5) is 39.4. The average molecular weight is 417 g/mol. The molecule has 28 heavy (non-hydrogen) atoms. The van der Waals surface area contributed by atoms with E-state index in [4.69, 9.17) is 25.4 Å². The van der Waals surface area contributed by atoms with Crippen LogP contribution >= 0.6 is 7.60 Å². The Kier molecular flexibility index (Phi) is 10.0. The van der Waals surface area contributed by atoms with Crippen molar-refractivity contribution >= 4 is 30.5 Å². The Bertz CT molecular complexity index is 793. The SMILES string of the molecule is CCCCCCC(=O)O.C[C@H](Cn1cnc2c(N)ncnc21)OCP(=O)(O)O. The van der Waals surface area contributed by atoms with E-state index in [1.54, 1.807) is 11.5 Å². The topological polar surface area (TPSA) is 174 Å². The van der Waals surface area contributed by atoms with E-state index in [0.717, 1.165) is 19.3 Å². The number of ether oxygens (including phenoxy) is 1. The summed E-state index contributed by atoms with van der Waals surface area (Å²) >= 11 is 0. The molecule has 0 radical (unpaired) electrons. The number of fused-ring (bicyclic) bond motifs is 1. The van der Waals surface area contributed by atoms with Crippen molar-refractivity contribution in [3.63, 3.8) is 0 Å². The van der Waals surface area contributed by atoms with Crippen LogP contribution in [-0.2, 0) is 20.6 Å². The lowest BCUT2D eigenvalue weighted by Gasteiger charge is -2.14. The second kappa shape index (κ2) is 11.7. The van der Waals surface area contributed by atoms with Gasteiger partial charge in [-0.25, -0.2) is 15.0 Å². The van der Waals surface area contributed by atoms with Gasteiger partial charge in [-0.15, -0.1) is 0 Å². The third-order valence-electron chi connectivity index (χ3n) is 3.65. The number of carbonyl (C=O) groups is 1. The van der Waals surface area contributed by atoms with Crippen molar-refractivity contribution in [3.8, 4) is 0 Å². The third-order valence-corrected chi connectivity index (χ3v) is 4.14. The Morgan fingerprint density at radius 3 is 2.61 bits per heavy atom. The van der Waals surface area contributed by atoms with Gasteiger partial charge in [0.15, 0.2) is 11.5 Å². The van der Waals surface area contributed by atoms with Crippen molar-refractivity contribution in [2.75, 3.05) is 12.1 Å². The van der Waals surface area contributed by atoms with Gasteiger partial charge in [-0.2, -0.15) is 0 Å². The monoisotopic (exact) mass is 417 g/mol. The molecule has 0 unspecified atom stereocenters. The molecule has 5 N–H and O–H groups in total. The van der Waals surface area contributed by atoms with Crippen LogP contribution < -0.4 is 5.73 Å². The number of aliphatic carboxylic acids is 1. The Morgan fingerprint density at radius 2 is 2.00 bits per heavy atom. The lowest BCUT2D eigenvalue weighted by molar-refractivity contribution is -0.137. The standard InChI is InChI=1S/C9H14N5O4P.C7H14O2/c1-6(18-5-19(15,16)17)2-14-4-13-7-8(10)11-3-12-9(7)14;1-2-3-4-5-6-7(8)9/h3-4,6H,2,5H2,1H3,(H2,10,11,12)(H2,15,16,17);2-6H2,1H3,(H,8,9)/t6-;/m1./s1. The van der Waals surface area contributed by atoms with Gasteiger partial charge in [0.25, 0.3) is 0 Å². The highest BCUT2D eigenvalue weighted by atomic mass is 31.2. The number of aromatic nitrogens is 4. The van der Waals surface area contributed by atoms with E-state index in [1.807, 2.05) is 0 Å². The molecule has 0 aliphatic heterocycles. The normalized spacial score (nSPS) is 12.4. The minimum atomic E-state index is -4.16. The van der Waals surface area contributed by atoms with Gasteiger partial charge >= 0.3 is 13.6 Å². The molecule has 0 aliphatic carbocycles. The molecule has 2 aromatic rings. The van der Waals surface area contributed by atoms with Gasteiger partial charge in [-0.05, 0) is 13.3 Å². The van der Waals surface area contributed by atoms with Gasteiger partial charge in [-0.1, -0.05) is 26.2 Å². The number of hydrogen-bond donors (Lipinski definition) is 4. The second-order valence-corrected chi connectivity index (χ2v) is 7.89. The van der Waals surface area contributed by atoms with Crippen LogP contribution in [0.2, 0.25) is 0 Å². The Morgan fingerprint density at radius 1 is 1.29 bits per heavy atom. The van der Waals surface area contributed by atoms with Gasteiger partial charge in [0, 0.05) is 6.42 Å². The van der Waals surface area contributed by atoms with E-state index in [0.29, 0.717) is 24.1 Å². The highest BCUT2D eigenvalue weighted by Gasteiger charge is 2.16. The van der Waals surface area contributed by atoms with Gasteiger partial charge in [0.1, 0.15) is 18.2 Å². The summed E-state index contributed by atoms with van der Waals surface area (Å²) in [5.41, 5.74) is 6.70. The molecule has 0 saturated heterocycles. The summed E-state index contributed by atoms with van der Waals surface area (Å²) in [6, 6.07) is 0. The van der Waals surface area contributed by atoms with Crippen LogP contribution in [0, 0.1) is 0 Å². The maximum absolute atomic E-state index is 10.7.